The maximum Gasteiger partial charge on any atom is 0.137 e. The predicted octanol–water partition coefficient (Wildman–Crippen LogP) is 4.22. The predicted molar refractivity (Wildman–Crippen MR) is 84.3 cm³/mol. The van der Waals surface area contributed by atoms with E-state index < -0.39 is 0 Å². The Hall–Kier alpha value is -1.68. The molecule has 2 rings (SSSR count). The van der Waals surface area contributed by atoms with E-state index in [4.69, 9.17) is 11.6 Å². The van der Waals surface area contributed by atoms with Crippen LogP contribution in [-0.4, -0.2) is 16.5 Å². The Kier molecular flexibility index (Phi) is 4.78. The Morgan fingerprint density at radius 1 is 1.19 bits per heavy atom. The first-order chi connectivity index (χ1) is 9.86. The fourth-order valence-electron chi connectivity index (χ4n) is 1.87. The summed E-state index contributed by atoms with van der Waals surface area (Å²) >= 11 is 6.03. The largest absolute Gasteiger partial charge is 0.370 e. The molecule has 0 saturated carbocycles. The minimum absolute atomic E-state index is 0.174. The monoisotopic (exact) mass is 307 g/mol. The summed E-state index contributed by atoms with van der Waals surface area (Å²) in [5.74, 6) is 1.16. The van der Waals surface area contributed by atoms with E-state index in [1.54, 1.807) is 18.2 Å². The Balaban J connectivity index is 2.04. The maximum atomic E-state index is 13.5. The second kappa shape index (κ2) is 6.39. The van der Waals surface area contributed by atoms with Gasteiger partial charge in [0.2, 0.25) is 0 Å². The smallest absolute Gasteiger partial charge is 0.137 e. The van der Waals surface area contributed by atoms with Crippen molar-refractivity contribution in [1.82, 2.24) is 9.97 Å². The van der Waals surface area contributed by atoms with Crippen LogP contribution in [0.5, 0.6) is 0 Å². The standard InChI is InChI=1S/C16H19ClFN3/c1-16(2,3)15-20-13(17)10-14(21-15)19-9-8-11-6-4-5-7-12(11)18/h4-7,10H,8-9H2,1-3H3,(H,19,20,21). The molecule has 2 aromatic rings. The Bertz CT molecular complexity index is 623. The summed E-state index contributed by atoms with van der Waals surface area (Å²) in [6, 6.07) is 8.45. The highest BCUT2D eigenvalue weighted by molar-refractivity contribution is 6.29. The second-order valence-electron chi connectivity index (χ2n) is 5.92. The second-order valence-corrected chi connectivity index (χ2v) is 6.30. The molecule has 3 nitrogen and oxygen atoms in total. The molecular formula is C16H19ClFN3. The van der Waals surface area contributed by atoms with Gasteiger partial charge in [0.15, 0.2) is 0 Å². The lowest BCUT2D eigenvalue weighted by Gasteiger charge is -2.17. The summed E-state index contributed by atoms with van der Waals surface area (Å²) in [5.41, 5.74) is 0.508. The van der Waals surface area contributed by atoms with Gasteiger partial charge in [0.05, 0.1) is 0 Å². The summed E-state index contributed by atoms with van der Waals surface area (Å²) in [6.45, 7) is 6.67. The van der Waals surface area contributed by atoms with Crippen molar-refractivity contribution in [3.63, 3.8) is 0 Å². The molecule has 0 amide bonds. The first-order valence-corrected chi connectivity index (χ1v) is 7.26. The first kappa shape index (κ1) is 15.7. The van der Waals surface area contributed by atoms with Crippen LogP contribution < -0.4 is 5.32 Å². The summed E-state index contributed by atoms with van der Waals surface area (Å²) in [7, 11) is 0. The van der Waals surface area contributed by atoms with Crippen LogP contribution in [0.3, 0.4) is 0 Å². The first-order valence-electron chi connectivity index (χ1n) is 6.88. The van der Waals surface area contributed by atoms with Crippen molar-refractivity contribution in [2.45, 2.75) is 32.6 Å². The quantitative estimate of drug-likeness (QED) is 0.859. The highest BCUT2D eigenvalue weighted by atomic mass is 35.5. The van der Waals surface area contributed by atoms with Crippen LogP contribution in [0.1, 0.15) is 32.2 Å². The molecule has 0 fully saturated rings. The number of halogens is 2. The van der Waals surface area contributed by atoms with Crippen molar-refractivity contribution in [2.75, 3.05) is 11.9 Å². The normalized spacial score (nSPS) is 11.5. The number of nitrogens with one attached hydrogen (secondary N) is 1. The molecule has 0 aliphatic rings. The minimum Gasteiger partial charge on any atom is -0.370 e. The van der Waals surface area contributed by atoms with Crippen molar-refractivity contribution in [3.8, 4) is 0 Å². The number of hydrogen-bond acceptors (Lipinski definition) is 3. The molecule has 0 aliphatic heterocycles. The van der Waals surface area contributed by atoms with E-state index in [1.807, 2.05) is 26.8 Å². The number of hydrogen-bond donors (Lipinski definition) is 1. The van der Waals surface area contributed by atoms with Crippen LogP contribution >= 0.6 is 11.6 Å². The van der Waals surface area contributed by atoms with Gasteiger partial charge in [-0.2, -0.15) is 0 Å². The van der Waals surface area contributed by atoms with E-state index >= 15 is 0 Å². The Morgan fingerprint density at radius 2 is 1.90 bits per heavy atom. The molecule has 0 radical (unpaired) electrons. The third-order valence-electron chi connectivity index (χ3n) is 3.02. The number of benzene rings is 1. The molecule has 21 heavy (non-hydrogen) atoms. The summed E-state index contributed by atoms with van der Waals surface area (Å²) < 4.78 is 13.5. The Labute approximate surface area is 129 Å². The van der Waals surface area contributed by atoms with Crippen molar-refractivity contribution in [3.05, 3.63) is 52.7 Å². The zero-order chi connectivity index (χ0) is 15.5. The third kappa shape index (κ3) is 4.39. The van der Waals surface area contributed by atoms with Crippen molar-refractivity contribution < 1.29 is 4.39 Å². The van der Waals surface area contributed by atoms with Crippen LogP contribution in [0.25, 0.3) is 0 Å². The van der Waals surface area contributed by atoms with Gasteiger partial charge in [-0.25, -0.2) is 14.4 Å². The fourth-order valence-corrected chi connectivity index (χ4v) is 2.05. The van der Waals surface area contributed by atoms with Gasteiger partial charge in [0, 0.05) is 18.0 Å². The van der Waals surface area contributed by atoms with E-state index in [9.17, 15) is 4.39 Å². The maximum absolute atomic E-state index is 13.5. The van der Waals surface area contributed by atoms with Gasteiger partial charge < -0.3 is 5.32 Å². The van der Waals surface area contributed by atoms with Crippen LogP contribution in [-0.2, 0) is 11.8 Å². The number of nitrogens with zero attached hydrogens (tertiary/aromatic N) is 2. The van der Waals surface area contributed by atoms with Crippen LogP contribution in [0.2, 0.25) is 5.15 Å². The molecular weight excluding hydrogens is 289 g/mol. The molecule has 0 atom stereocenters. The molecule has 0 aliphatic carbocycles. The van der Waals surface area contributed by atoms with Crippen LogP contribution in [0, 0.1) is 5.82 Å². The van der Waals surface area contributed by atoms with E-state index in [-0.39, 0.29) is 11.2 Å². The summed E-state index contributed by atoms with van der Waals surface area (Å²) in [4.78, 5) is 8.70. The van der Waals surface area contributed by atoms with Gasteiger partial charge >= 0.3 is 0 Å². The fraction of sp³-hybridized carbons (Fsp3) is 0.375. The highest BCUT2D eigenvalue weighted by Crippen LogP contribution is 2.22. The molecule has 1 aromatic heterocycles. The topological polar surface area (TPSA) is 37.8 Å². The third-order valence-corrected chi connectivity index (χ3v) is 3.22. The van der Waals surface area contributed by atoms with Gasteiger partial charge in [-0.1, -0.05) is 50.6 Å². The van der Waals surface area contributed by atoms with Crippen molar-refractivity contribution in [2.24, 2.45) is 0 Å². The minimum atomic E-state index is -0.185. The lowest BCUT2D eigenvalue weighted by Crippen LogP contribution is -2.18. The van der Waals surface area contributed by atoms with Gasteiger partial charge in [-0.05, 0) is 18.1 Å². The van der Waals surface area contributed by atoms with Crippen LogP contribution in [0.15, 0.2) is 30.3 Å². The van der Waals surface area contributed by atoms with Crippen molar-refractivity contribution >= 4 is 17.4 Å². The van der Waals surface area contributed by atoms with E-state index in [0.717, 1.165) is 0 Å². The molecule has 0 bridgehead atoms. The van der Waals surface area contributed by atoms with E-state index in [0.29, 0.717) is 35.3 Å². The molecule has 0 saturated heterocycles. The van der Waals surface area contributed by atoms with Gasteiger partial charge in [0.25, 0.3) is 0 Å². The average molecular weight is 308 g/mol. The molecule has 1 aromatic carbocycles. The lowest BCUT2D eigenvalue weighted by molar-refractivity contribution is 0.546. The van der Waals surface area contributed by atoms with E-state index in [1.165, 1.54) is 6.07 Å². The van der Waals surface area contributed by atoms with Crippen molar-refractivity contribution in [1.29, 1.82) is 0 Å². The molecule has 112 valence electrons. The molecule has 1 heterocycles. The Morgan fingerprint density at radius 3 is 2.57 bits per heavy atom. The van der Waals surface area contributed by atoms with Gasteiger partial charge in [0.1, 0.15) is 22.6 Å². The zero-order valence-electron chi connectivity index (χ0n) is 12.5. The zero-order valence-corrected chi connectivity index (χ0v) is 13.2. The number of rotatable bonds is 4. The molecule has 0 spiro atoms. The molecule has 5 heteroatoms. The van der Waals surface area contributed by atoms with E-state index in [2.05, 4.69) is 15.3 Å². The highest BCUT2D eigenvalue weighted by Gasteiger charge is 2.18. The average Bonchev–Trinajstić information content (AvgIpc) is 2.39. The lowest BCUT2D eigenvalue weighted by atomic mass is 9.96. The molecule has 0 unspecified atom stereocenters. The van der Waals surface area contributed by atoms with Crippen LogP contribution in [0.4, 0.5) is 10.2 Å². The SMILES string of the molecule is CC(C)(C)c1nc(Cl)cc(NCCc2ccccc2F)n1. The van der Waals surface area contributed by atoms with Gasteiger partial charge in [-0.15, -0.1) is 0 Å². The summed E-state index contributed by atoms with van der Waals surface area (Å²) in [5, 5.41) is 3.58. The molecule has 1 N–H and O–H groups in total. The summed E-state index contributed by atoms with van der Waals surface area (Å²) in [6.07, 6.45) is 0.582. The number of anilines is 1. The van der Waals surface area contributed by atoms with Gasteiger partial charge in [-0.3, -0.25) is 0 Å². The number of aromatic nitrogens is 2.